The van der Waals surface area contributed by atoms with Crippen molar-refractivity contribution in [2.45, 2.75) is 26.0 Å². The number of aliphatic hydroxyl groups is 1. The summed E-state index contributed by atoms with van der Waals surface area (Å²) in [7, 11) is 0. The predicted molar refractivity (Wildman–Crippen MR) is 86.3 cm³/mol. The molecule has 22 heavy (non-hydrogen) atoms. The number of rotatable bonds is 9. The Balaban J connectivity index is 2.35. The van der Waals surface area contributed by atoms with Crippen molar-refractivity contribution < 1.29 is 19.4 Å². The van der Waals surface area contributed by atoms with Crippen LogP contribution in [0.1, 0.15) is 13.8 Å². The Hall–Kier alpha value is -2.05. The van der Waals surface area contributed by atoms with Crippen LogP contribution in [0.25, 0.3) is 0 Å². The lowest BCUT2D eigenvalue weighted by Crippen LogP contribution is -2.35. The van der Waals surface area contributed by atoms with Crippen LogP contribution in [0.3, 0.4) is 0 Å². The van der Waals surface area contributed by atoms with E-state index < -0.39 is 12.2 Å². The third-order valence-electron chi connectivity index (χ3n) is 2.64. The summed E-state index contributed by atoms with van der Waals surface area (Å²) in [4.78, 5) is 11.3. The van der Waals surface area contributed by atoms with Crippen LogP contribution in [0, 0.1) is 0 Å². The number of hydrogen-bond donors (Lipinski definition) is 3. The van der Waals surface area contributed by atoms with Crippen LogP contribution in [0.4, 0.5) is 10.5 Å². The van der Waals surface area contributed by atoms with Crippen molar-refractivity contribution in [1.29, 1.82) is 0 Å². The van der Waals surface area contributed by atoms with Gasteiger partial charge >= 0.3 is 6.09 Å². The minimum atomic E-state index is -0.575. The largest absolute Gasteiger partial charge is 0.491 e. The minimum Gasteiger partial charge on any atom is -0.491 e. The molecule has 0 aliphatic heterocycles. The van der Waals surface area contributed by atoms with Gasteiger partial charge in [-0.05, 0) is 24.3 Å². The van der Waals surface area contributed by atoms with Crippen molar-refractivity contribution in [3.05, 3.63) is 36.9 Å². The molecule has 0 saturated carbocycles. The Kier molecular flexibility index (Phi) is 8.03. The summed E-state index contributed by atoms with van der Waals surface area (Å²) in [5.74, 6) is 0.619. The van der Waals surface area contributed by atoms with Gasteiger partial charge in [-0.3, -0.25) is 5.32 Å². The zero-order chi connectivity index (χ0) is 16.4. The summed E-state index contributed by atoms with van der Waals surface area (Å²) in [6.45, 7) is 8.33. The van der Waals surface area contributed by atoms with E-state index in [2.05, 4.69) is 17.2 Å². The normalized spacial score (nSPS) is 11.8. The predicted octanol–water partition coefficient (Wildman–Crippen LogP) is 2.16. The topological polar surface area (TPSA) is 79.8 Å². The molecule has 1 unspecified atom stereocenters. The van der Waals surface area contributed by atoms with Gasteiger partial charge in [0.1, 0.15) is 25.1 Å². The summed E-state index contributed by atoms with van der Waals surface area (Å²) < 4.78 is 10.3. The molecule has 1 aromatic rings. The van der Waals surface area contributed by atoms with Crippen molar-refractivity contribution >= 4 is 11.8 Å². The standard InChI is InChI=1S/C16H24N2O4/c1-4-9-21-16(20)18-13-5-7-15(8-6-13)22-11-14(19)10-17-12(2)3/h4-8,12,14,17,19H,1,9-11H2,2-3H3,(H,18,20). The van der Waals surface area contributed by atoms with Crippen LogP contribution in [-0.2, 0) is 4.74 Å². The molecule has 3 N–H and O–H groups in total. The fraction of sp³-hybridized carbons (Fsp3) is 0.438. The highest BCUT2D eigenvalue weighted by atomic mass is 16.5. The third-order valence-corrected chi connectivity index (χ3v) is 2.64. The maximum atomic E-state index is 11.3. The molecule has 1 amide bonds. The smallest absolute Gasteiger partial charge is 0.411 e. The second-order valence-corrected chi connectivity index (χ2v) is 5.06. The lowest BCUT2D eigenvalue weighted by Gasteiger charge is -2.15. The fourth-order valence-corrected chi connectivity index (χ4v) is 1.55. The first-order valence-electron chi connectivity index (χ1n) is 7.20. The van der Waals surface area contributed by atoms with Crippen LogP contribution >= 0.6 is 0 Å². The molecule has 1 aromatic carbocycles. The summed E-state index contributed by atoms with van der Waals surface area (Å²) in [6.07, 6.45) is 0.383. The molecule has 1 rings (SSSR count). The molecule has 0 aliphatic rings. The van der Waals surface area contributed by atoms with Gasteiger partial charge in [0.25, 0.3) is 0 Å². The number of nitrogens with one attached hydrogen (secondary N) is 2. The van der Waals surface area contributed by atoms with Crippen molar-refractivity contribution in [3.8, 4) is 5.75 Å². The Labute approximate surface area is 131 Å². The Morgan fingerprint density at radius 2 is 2.05 bits per heavy atom. The van der Waals surface area contributed by atoms with E-state index >= 15 is 0 Å². The van der Waals surface area contributed by atoms with Gasteiger partial charge in [-0.2, -0.15) is 0 Å². The second-order valence-electron chi connectivity index (χ2n) is 5.06. The lowest BCUT2D eigenvalue weighted by molar-refractivity contribution is 0.104. The van der Waals surface area contributed by atoms with Crippen LogP contribution in [0.2, 0.25) is 0 Å². The fourth-order valence-electron chi connectivity index (χ4n) is 1.55. The van der Waals surface area contributed by atoms with E-state index in [1.165, 1.54) is 6.08 Å². The van der Waals surface area contributed by atoms with Crippen LogP contribution in [0.5, 0.6) is 5.75 Å². The molecule has 122 valence electrons. The maximum Gasteiger partial charge on any atom is 0.411 e. The number of ether oxygens (including phenoxy) is 2. The van der Waals surface area contributed by atoms with Crippen LogP contribution in [0.15, 0.2) is 36.9 Å². The summed E-state index contributed by atoms with van der Waals surface area (Å²) in [5.41, 5.74) is 0.600. The molecule has 0 saturated heterocycles. The van der Waals surface area contributed by atoms with E-state index in [0.29, 0.717) is 24.0 Å². The van der Waals surface area contributed by atoms with Gasteiger partial charge in [0.15, 0.2) is 0 Å². The van der Waals surface area contributed by atoms with E-state index in [-0.39, 0.29) is 13.2 Å². The Bertz CT molecular complexity index is 460. The van der Waals surface area contributed by atoms with Crippen LogP contribution in [-0.4, -0.2) is 43.1 Å². The van der Waals surface area contributed by atoms with Crippen LogP contribution < -0.4 is 15.4 Å². The summed E-state index contributed by atoms with van der Waals surface area (Å²) >= 11 is 0. The molecule has 0 spiro atoms. The maximum absolute atomic E-state index is 11.3. The van der Waals surface area contributed by atoms with E-state index in [1.807, 2.05) is 13.8 Å². The summed E-state index contributed by atoms with van der Waals surface area (Å²) in [5, 5.41) is 15.5. The number of anilines is 1. The molecule has 0 aromatic heterocycles. The van der Waals surface area contributed by atoms with E-state index in [4.69, 9.17) is 9.47 Å². The lowest BCUT2D eigenvalue weighted by atomic mass is 10.3. The molecule has 1 atom stereocenters. The van der Waals surface area contributed by atoms with Gasteiger partial charge in [0, 0.05) is 18.3 Å². The van der Waals surface area contributed by atoms with E-state index in [0.717, 1.165) is 0 Å². The zero-order valence-electron chi connectivity index (χ0n) is 13.0. The van der Waals surface area contributed by atoms with Crippen molar-refractivity contribution in [2.75, 3.05) is 25.1 Å². The highest BCUT2D eigenvalue weighted by Gasteiger charge is 2.06. The number of carbonyl (C=O) groups excluding carboxylic acids is 1. The van der Waals surface area contributed by atoms with Gasteiger partial charge in [-0.25, -0.2) is 4.79 Å². The molecular weight excluding hydrogens is 284 g/mol. The van der Waals surface area contributed by atoms with Crippen molar-refractivity contribution in [1.82, 2.24) is 5.32 Å². The number of aliphatic hydroxyl groups excluding tert-OH is 1. The Morgan fingerprint density at radius 1 is 1.36 bits per heavy atom. The number of carbonyl (C=O) groups is 1. The molecule has 0 radical (unpaired) electrons. The highest BCUT2D eigenvalue weighted by molar-refractivity contribution is 5.84. The summed E-state index contributed by atoms with van der Waals surface area (Å²) in [6, 6.07) is 7.14. The second kappa shape index (κ2) is 9.81. The van der Waals surface area contributed by atoms with E-state index in [1.54, 1.807) is 24.3 Å². The molecular formula is C16H24N2O4. The molecule has 0 fully saturated rings. The Morgan fingerprint density at radius 3 is 2.64 bits per heavy atom. The third kappa shape index (κ3) is 7.66. The minimum absolute atomic E-state index is 0.162. The number of benzene rings is 1. The van der Waals surface area contributed by atoms with Crippen molar-refractivity contribution in [3.63, 3.8) is 0 Å². The number of hydrogen-bond acceptors (Lipinski definition) is 5. The van der Waals surface area contributed by atoms with E-state index in [9.17, 15) is 9.90 Å². The first kappa shape index (κ1) is 18.0. The van der Waals surface area contributed by atoms with Gasteiger partial charge in [0.05, 0.1) is 0 Å². The SMILES string of the molecule is C=CCOC(=O)Nc1ccc(OCC(O)CNC(C)C)cc1. The molecule has 6 nitrogen and oxygen atoms in total. The molecule has 0 heterocycles. The first-order chi connectivity index (χ1) is 10.5. The monoisotopic (exact) mass is 308 g/mol. The quantitative estimate of drug-likeness (QED) is 0.609. The van der Waals surface area contributed by atoms with Gasteiger partial charge in [-0.1, -0.05) is 26.5 Å². The van der Waals surface area contributed by atoms with Gasteiger partial charge in [-0.15, -0.1) is 0 Å². The van der Waals surface area contributed by atoms with Crippen molar-refractivity contribution in [2.24, 2.45) is 0 Å². The molecule has 0 aliphatic carbocycles. The van der Waals surface area contributed by atoms with Gasteiger partial charge < -0.3 is 19.9 Å². The van der Waals surface area contributed by atoms with Gasteiger partial charge in [0.2, 0.25) is 0 Å². The zero-order valence-corrected chi connectivity index (χ0v) is 13.0. The molecule has 6 heteroatoms. The average Bonchev–Trinajstić information content (AvgIpc) is 2.50. The highest BCUT2D eigenvalue weighted by Crippen LogP contribution is 2.16. The average molecular weight is 308 g/mol. The molecule has 0 bridgehead atoms. The number of amides is 1. The first-order valence-corrected chi connectivity index (χ1v) is 7.20.